The summed E-state index contributed by atoms with van der Waals surface area (Å²) in [5.41, 5.74) is 4.46. The first-order chi connectivity index (χ1) is 15.3. The predicted molar refractivity (Wildman–Crippen MR) is 130 cm³/mol. The monoisotopic (exact) mass is 428 g/mol. The number of amides is 1. The lowest BCUT2D eigenvalue weighted by molar-refractivity contribution is -0.124. The van der Waals surface area contributed by atoms with Crippen molar-refractivity contribution in [3.05, 3.63) is 82.5 Å². The van der Waals surface area contributed by atoms with E-state index in [1.807, 2.05) is 31.2 Å². The highest BCUT2D eigenvalue weighted by atomic mass is 16.2. The highest BCUT2D eigenvalue weighted by Crippen LogP contribution is 2.23. The summed E-state index contributed by atoms with van der Waals surface area (Å²) in [6.07, 6.45) is 5.97. The molecule has 1 amide bonds. The minimum atomic E-state index is -0.161. The minimum Gasteiger partial charge on any atom is -0.352 e. The number of aromatic nitrogens is 2. The van der Waals surface area contributed by atoms with Crippen LogP contribution in [-0.4, -0.2) is 48.3 Å². The number of nitrogens with zero attached hydrogens (tertiary/aromatic N) is 2. The highest BCUT2D eigenvalue weighted by Gasteiger charge is 2.28. The molecule has 3 rings (SSSR count). The molecule has 1 aromatic heterocycles. The Morgan fingerprint density at radius 1 is 1.38 bits per heavy atom. The van der Waals surface area contributed by atoms with Crippen LogP contribution in [0, 0.1) is 19.8 Å². The number of aromatic amines is 1. The molecule has 1 atom stereocenters. The van der Waals surface area contributed by atoms with E-state index in [0.29, 0.717) is 42.2 Å². The van der Waals surface area contributed by atoms with Crippen molar-refractivity contribution in [3.63, 3.8) is 0 Å². The first-order valence-electron chi connectivity index (χ1n) is 10.7. The lowest BCUT2D eigenvalue weighted by Gasteiger charge is -2.17. The predicted octanol–water partition coefficient (Wildman–Crippen LogP) is 2.08. The van der Waals surface area contributed by atoms with Crippen LogP contribution < -0.4 is 16.3 Å². The van der Waals surface area contributed by atoms with Crippen LogP contribution in [0.2, 0.25) is 0 Å². The highest BCUT2D eigenvalue weighted by molar-refractivity contribution is 6.32. The summed E-state index contributed by atoms with van der Waals surface area (Å²) < 4.78 is 0. The van der Waals surface area contributed by atoms with Gasteiger partial charge in [0.25, 0.3) is 5.56 Å². The van der Waals surface area contributed by atoms with E-state index < -0.39 is 0 Å². The van der Waals surface area contributed by atoms with Crippen LogP contribution in [0.15, 0.2) is 60.0 Å². The van der Waals surface area contributed by atoms with Crippen molar-refractivity contribution in [2.24, 2.45) is 5.92 Å². The molecule has 1 aliphatic heterocycles. The van der Waals surface area contributed by atoms with Crippen LogP contribution in [0.4, 0.5) is 0 Å². The number of benzene rings is 1. The molecule has 1 fully saturated rings. The molecule has 2 aromatic rings. The zero-order valence-corrected chi connectivity index (χ0v) is 18.8. The van der Waals surface area contributed by atoms with Gasteiger partial charge in [0.05, 0.1) is 18.2 Å². The van der Waals surface area contributed by atoms with Crippen molar-refractivity contribution in [3.8, 4) is 11.3 Å². The molecule has 7 heteroatoms. The zero-order chi connectivity index (χ0) is 23.3. The van der Waals surface area contributed by atoms with Crippen LogP contribution in [0.3, 0.4) is 0 Å². The second-order valence-electron chi connectivity index (χ2n) is 8.18. The topological polar surface area (TPSA) is 78.1 Å². The summed E-state index contributed by atoms with van der Waals surface area (Å²) >= 11 is 0. The van der Waals surface area contributed by atoms with Crippen molar-refractivity contribution in [2.75, 3.05) is 19.6 Å². The summed E-state index contributed by atoms with van der Waals surface area (Å²) in [6.45, 7) is 13.4. The standard InChI is InChI=1S/C25H29BN4O2/c1-5-7-18(6-2)13-27-25(32)19-10-11-30(14-19)15-22-28-23(17(4)24(31)29-22)21-12-20(26)9-8-16(21)3/h5-9,12,19H,1-2,10-11,13-15H2,3-4H3,(H,27,32)(H,28,29,31)/b18-7+. The molecule has 0 bridgehead atoms. The van der Waals surface area contributed by atoms with Gasteiger partial charge in [0, 0.05) is 24.2 Å². The third kappa shape index (κ3) is 5.54. The molecule has 1 aliphatic rings. The normalized spacial score (nSPS) is 16.7. The van der Waals surface area contributed by atoms with Crippen LogP contribution >= 0.6 is 0 Å². The summed E-state index contributed by atoms with van der Waals surface area (Å²) in [4.78, 5) is 34.9. The molecule has 2 N–H and O–H groups in total. The number of allylic oxidation sites excluding steroid dienone is 2. The van der Waals surface area contributed by atoms with Gasteiger partial charge in [-0.3, -0.25) is 14.5 Å². The van der Waals surface area contributed by atoms with Crippen molar-refractivity contribution in [1.82, 2.24) is 20.2 Å². The van der Waals surface area contributed by atoms with Gasteiger partial charge in [0.2, 0.25) is 5.91 Å². The fourth-order valence-corrected chi connectivity index (χ4v) is 3.90. The van der Waals surface area contributed by atoms with E-state index in [9.17, 15) is 9.59 Å². The Morgan fingerprint density at radius 2 is 2.16 bits per heavy atom. The first-order valence-corrected chi connectivity index (χ1v) is 10.7. The number of carbonyl (C=O) groups excluding carboxylic acids is 1. The van der Waals surface area contributed by atoms with Crippen molar-refractivity contribution in [2.45, 2.75) is 26.8 Å². The lowest BCUT2D eigenvalue weighted by Crippen LogP contribution is -2.34. The van der Waals surface area contributed by atoms with Crippen LogP contribution in [0.25, 0.3) is 11.3 Å². The van der Waals surface area contributed by atoms with Gasteiger partial charge in [0.1, 0.15) is 13.7 Å². The molecule has 0 saturated carbocycles. The van der Waals surface area contributed by atoms with Gasteiger partial charge in [-0.2, -0.15) is 0 Å². The molecule has 32 heavy (non-hydrogen) atoms. The van der Waals surface area contributed by atoms with E-state index in [-0.39, 0.29) is 17.4 Å². The maximum absolute atomic E-state index is 12.6. The summed E-state index contributed by atoms with van der Waals surface area (Å²) in [7, 11) is 5.96. The molecule has 2 radical (unpaired) electrons. The van der Waals surface area contributed by atoms with Crippen molar-refractivity contribution < 1.29 is 4.79 Å². The van der Waals surface area contributed by atoms with E-state index in [0.717, 1.165) is 29.7 Å². The van der Waals surface area contributed by atoms with Crippen molar-refractivity contribution >= 4 is 19.2 Å². The first kappa shape index (κ1) is 23.5. The Labute approximate surface area is 190 Å². The van der Waals surface area contributed by atoms with E-state index in [1.165, 1.54) is 0 Å². The number of hydrogen-bond donors (Lipinski definition) is 2. The summed E-state index contributed by atoms with van der Waals surface area (Å²) in [6, 6.07) is 5.61. The summed E-state index contributed by atoms with van der Waals surface area (Å²) in [5.74, 6) is 0.504. The fraction of sp³-hybridized carbons (Fsp3) is 0.320. The maximum Gasteiger partial charge on any atom is 0.254 e. The Balaban J connectivity index is 1.70. The zero-order valence-electron chi connectivity index (χ0n) is 18.8. The quantitative estimate of drug-likeness (QED) is 0.499. The molecule has 1 aromatic carbocycles. The van der Waals surface area contributed by atoms with Gasteiger partial charge in [-0.05, 0) is 37.9 Å². The van der Waals surface area contributed by atoms with Crippen LogP contribution in [-0.2, 0) is 11.3 Å². The van der Waals surface area contributed by atoms with Crippen LogP contribution in [0.1, 0.15) is 23.4 Å². The Kier molecular flexibility index (Phi) is 7.64. The van der Waals surface area contributed by atoms with Gasteiger partial charge in [-0.1, -0.05) is 55.0 Å². The number of H-pyrrole nitrogens is 1. The van der Waals surface area contributed by atoms with E-state index in [2.05, 4.69) is 28.4 Å². The second-order valence-corrected chi connectivity index (χ2v) is 8.18. The van der Waals surface area contributed by atoms with Crippen molar-refractivity contribution in [1.29, 1.82) is 0 Å². The van der Waals surface area contributed by atoms with Gasteiger partial charge < -0.3 is 10.3 Å². The Bertz CT molecular complexity index is 1120. The number of nitrogens with one attached hydrogen (secondary N) is 2. The van der Waals surface area contributed by atoms with Gasteiger partial charge in [-0.25, -0.2) is 4.98 Å². The molecule has 0 spiro atoms. The minimum absolute atomic E-state index is 0.0192. The molecule has 1 saturated heterocycles. The number of likely N-dealkylation sites (tertiary alicyclic amines) is 1. The second kappa shape index (κ2) is 10.4. The smallest absolute Gasteiger partial charge is 0.254 e. The largest absolute Gasteiger partial charge is 0.352 e. The third-order valence-electron chi connectivity index (χ3n) is 5.79. The number of carbonyl (C=O) groups is 1. The number of hydrogen-bond acceptors (Lipinski definition) is 4. The van der Waals surface area contributed by atoms with E-state index >= 15 is 0 Å². The number of aryl methyl sites for hydroxylation is 1. The van der Waals surface area contributed by atoms with E-state index in [1.54, 1.807) is 19.1 Å². The van der Waals surface area contributed by atoms with Crippen LogP contribution in [0.5, 0.6) is 0 Å². The molecule has 164 valence electrons. The molecular formula is C25H29BN4O2. The molecular weight excluding hydrogens is 399 g/mol. The third-order valence-corrected chi connectivity index (χ3v) is 5.79. The average Bonchev–Trinajstić information content (AvgIpc) is 3.23. The Hall–Kier alpha value is -3.19. The molecule has 0 aliphatic carbocycles. The average molecular weight is 428 g/mol. The Morgan fingerprint density at radius 3 is 2.88 bits per heavy atom. The maximum atomic E-state index is 12.6. The lowest BCUT2D eigenvalue weighted by atomic mass is 9.90. The fourth-order valence-electron chi connectivity index (χ4n) is 3.90. The molecule has 1 unspecified atom stereocenters. The van der Waals surface area contributed by atoms with Gasteiger partial charge in [0.15, 0.2) is 0 Å². The van der Waals surface area contributed by atoms with E-state index in [4.69, 9.17) is 12.8 Å². The van der Waals surface area contributed by atoms with Gasteiger partial charge >= 0.3 is 0 Å². The molecule has 2 heterocycles. The summed E-state index contributed by atoms with van der Waals surface area (Å²) in [5, 5.41) is 2.97. The number of rotatable bonds is 8. The molecule has 6 nitrogen and oxygen atoms in total. The SMILES string of the molecule is [B]c1ccc(C)c(-c2nc(CN3CCC(C(=O)NC/C(C=C)=C/C=C)C3)[nH]c(=O)c2C)c1. The van der Waals surface area contributed by atoms with Gasteiger partial charge in [-0.15, -0.1) is 0 Å².